The van der Waals surface area contributed by atoms with Gasteiger partial charge in [0.2, 0.25) is 0 Å². The third-order valence-corrected chi connectivity index (χ3v) is 6.63. The number of piperidine rings is 1. The molecule has 3 nitrogen and oxygen atoms in total. The van der Waals surface area contributed by atoms with Crippen molar-refractivity contribution in [1.29, 1.82) is 0 Å². The van der Waals surface area contributed by atoms with Crippen LogP contribution in [0.2, 0.25) is 0 Å². The lowest BCUT2D eigenvalue weighted by Gasteiger charge is -2.47. The van der Waals surface area contributed by atoms with Gasteiger partial charge in [0.25, 0.3) is 12.9 Å². The number of nitrogens with zero attached hydrogens (tertiary/aromatic N) is 1. The SMILES string of the molecule is COC(O)CC1CCC2(CC1)CCN(c1cc(C(F)F)cc(C(F)F)c1)CC2. The van der Waals surface area contributed by atoms with Crippen LogP contribution in [0.3, 0.4) is 0 Å². The molecule has 1 heterocycles. The van der Waals surface area contributed by atoms with Crippen molar-refractivity contribution in [3.63, 3.8) is 0 Å². The Morgan fingerprint density at radius 2 is 1.54 bits per heavy atom. The highest BCUT2D eigenvalue weighted by Gasteiger charge is 2.38. The molecule has 0 amide bonds. The molecule has 1 spiro atoms. The first kappa shape index (κ1) is 21.4. The second kappa shape index (κ2) is 8.99. The van der Waals surface area contributed by atoms with E-state index in [2.05, 4.69) is 0 Å². The van der Waals surface area contributed by atoms with Crippen LogP contribution in [0.1, 0.15) is 68.9 Å². The second-order valence-corrected chi connectivity index (χ2v) is 8.32. The topological polar surface area (TPSA) is 32.7 Å². The number of rotatable bonds is 6. The molecule has 1 N–H and O–H groups in total. The van der Waals surface area contributed by atoms with Crippen molar-refractivity contribution in [2.24, 2.45) is 11.3 Å². The summed E-state index contributed by atoms with van der Waals surface area (Å²) >= 11 is 0. The quantitative estimate of drug-likeness (QED) is 0.489. The molecule has 1 unspecified atom stereocenters. The molecule has 1 saturated carbocycles. The normalized spacial score (nSPS) is 21.6. The van der Waals surface area contributed by atoms with E-state index in [-0.39, 0.29) is 16.5 Å². The van der Waals surface area contributed by atoms with Crippen LogP contribution in [0.5, 0.6) is 0 Å². The van der Waals surface area contributed by atoms with Crippen LogP contribution in [-0.4, -0.2) is 31.6 Å². The van der Waals surface area contributed by atoms with Gasteiger partial charge in [-0.1, -0.05) is 0 Å². The fourth-order valence-corrected chi connectivity index (χ4v) is 4.74. The summed E-state index contributed by atoms with van der Waals surface area (Å²) < 4.78 is 57.4. The van der Waals surface area contributed by atoms with Crippen molar-refractivity contribution >= 4 is 5.69 Å². The number of alkyl halides is 4. The largest absolute Gasteiger partial charge is 0.371 e. The van der Waals surface area contributed by atoms with Gasteiger partial charge in [0.05, 0.1) is 0 Å². The number of aliphatic hydroxyl groups excluding tert-OH is 1. The number of hydrogen-bond donors (Lipinski definition) is 1. The summed E-state index contributed by atoms with van der Waals surface area (Å²) in [6.45, 7) is 1.39. The zero-order chi connectivity index (χ0) is 20.3. The van der Waals surface area contributed by atoms with Crippen molar-refractivity contribution in [2.75, 3.05) is 25.1 Å². The van der Waals surface area contributed by atoms with Crippen molar-refractivity contribution in [2.45, 2.75) is 64.1 Å². The van der Waals surface area contributed by atoms with Gasteiger partial charge in [-0.3, -0.25) is 0 Å². The standard InChI is InChI=1S/C21H29F4NO2/c1-28-18(27)10-14-2-4-21(5-3-14)6-8-26(9-7-21)17-12-15(19(22)23)11-16(13-17)20(24)25/h11-14,18-20,27H,2-10H2,1H3. The maximum atomic E-state index is 13.1. The van der Waals surface area contributed by atoms with Crippen LogP contribution in [0.15, 0.2) is 18.2 Å². The lowest BCUT2D eigenvalue weighted by Crippen LogP contribution is -2.42. The minimum absolute atomic E-state index is 0.247. The number of hydrogen-bond acceptors (Lipinski definition) is 3. The van der Waals surface area contributed by atoms with E-state index in [9.17, 15) is 22.7 Å². The van der Waals surface area contributed by atoms with Gasteiger partial charge in [0.15, 0.2) is 6.29 Å². The Morgan fingerprint density at radius 1 is 1.00 bits per heavy atom. The van der Waals surface area contributed by atoms with Crippen LogP contribution in [0, 0.1) is 11.3 Å². The number of ether oxygens (including phenoxy) is 1. The zero-order valence-corrected chi connectivity index (χ0v) is 16.2. The second-order valence-electron chi connectivity index (χ2n) is 8.32. The van der Waals surface area contributed by atoms with Crippen molar-refractivity contribution < 1.29 is 27.4 Å². The van der Waals surface area contributed by atoms with Crippen molar-refractivity contribution in [3.05, 3.63) is 29.3 Å². The van der Waals surface area contributed by atoms with Gasteiger partial charge < -0.3 is 14.7 Å². The van der Waals surface area contributed by atoms with E-state index in [4.69, 9.17) is 4.74 Å². The lowest BCUT2D eigenvalue weighted by molar-refractivity contribution is -0.0924. The highest BCUT2D eigenvalue weighted by molar-refractivity contribution is 5.52. The average Bonchev–Trinajstić information content (AvgIpc) is 2.70. The Morgan fingerprint density at radius 3 is 2.00 bits per heavy atom. The minimum Gasteiger partial charge on any atom is -0.371 e. The molecule has 28 heavy (non-hydrogen) atoms. The van der Waals surface area contributed by atoms with E-state index in [0.717, 1.165) is 44.6 Å². The third kappa shape index (κ3) is 4.98. The smallest absolute Gasteiger partial charge is 0.263 e. The molecule has 1 aromatic rings. The molecule has 1 aliphatic heterocycles. The first-order valence-corrected chi connectivity index (χ1v) is 9.99. The Bertz CT molecular complexity index is 611. The molecule has 1 aromatic carbocycles. The summed E-state index contributed by atoms with van der Waals surface area (Å²) in [6, 6.07) is 3.59. The van der Waals surface area contributed by atoms with Crippen molar-refractivity contribution in [3.8, 4) is 0 Å². The van der Waals surface area contributed by atoms with E-state index in [1.165, 1.54) is 19.2 Å². The summed E-state index contributed by atoms with van der Waals surface area (Å²) in [5.41, 5.74) is 0.0344. The highest BCUT2D eigenvalue weighted by Crippen LogP contribution is 2.48. The summed E-state index contributed by atoms with van der Waals surface area (Å²) in [5.74, 6) is 0.468. The van der Waals surface area contributed by atoms with E-state index in [1.807, 2.05) is 4.90 Å². The lowest BCUT2D eigenvalue weighted by atomic mass is 9.65. The Balaban J connectivity index is 1.61. The molecule has 2 fully saturated rings. The number of methoxy groups -OCH3 is 1. The molecular formula is C21H29F4NO2. The zero-order valence-electron chi connectivity index (χ0n) is 16.2. The molecule has 158 valence electrons. The molecule has 3 rings (SSSR count). The third-order valence-electron chi connectivity index (χ3n) is 6.63. The van der Waals surface area contributed by atoms with Crippen LogP contribution in [0.4, 0.5) is 23.2 Å². The van der Waals surface area contributed by atoms with Crippen molar-refractivity contribution in [1.82, 2.24) is 0 Å². The predicted molar refractivity (Wildman–Crippen MR) is 99.8 cm³/mol. The van der Waals surface area contributed by atoms with Gasteiger partial charge in [0.1, 0.15) is 0 Å². The first-order chi connectivity index (χ1) is 13.3. The molecule has 1 saturated heterocycles. The Labute approximate surface area is 163 Å². The van der Waals surface area contributed by atoms with Crippen LogP contribution >= 0.6 is 0 Å². The molecular weight excluding hydrogens is 374 g/mol. The van der Waals surface area contributed by atoms with E-state index in [1.54, 1.807) is 0 Å². The van der Waals surface area contributed by atoms with Gasteiger partial charge in [-0.15, -0.1) is 0 Å². The Hall–Kier alpha value is -1.34. The fraction of sp³-hybridized carbons (Fsp3) is 0.714. The van der Waals surface area contributed by atoms with Gasteiger partial charge in [-0.25, -0.2) is 17.6 Å². The summed E-state index contributed by atoms with van der Waals surface area (Å²) in [7, 11) is 1.51. The Kier molecular flexibility index (Phi) is 6.86. The minimum atomic E-state index is -2.76. The van der Waals surface area contributed by atoms with Crippen LogP contribution in [0.25, 0.3) is 0 Å². The van der Waals surface area contributed by atoms with E-state index < -0.39 is 19.1 Å². The van der Waals surface area contributed by atoms with Gasteiger partial charge in [-0.2, -0.15) is 0 Å². The summed E-state index contributed by atoms with van der Waals surface area (Å²) in [4.78, 5) is 1.96. The van der Waals surface area contributed by atoms with E-state index >= 15 is 0 Å². The number of anilines is 1. The molecule has 0 bridgehead atoms. The molecule has 1 aliphatic carbocycles. The monoisotopic (exact) mass is 403 g/mol. The van der Waals surface area contributed by atoms with Gasteiger partial charge >= 0.3 is 0 Å². The maximum absolute atomic E-state index is 13.1. The van der Waals surface area contributed by atoms with Gasteiger partial charge in [0, 0.05) is 43.4 Å². The molecule has 7 heteroatoms. The molecule has 2 aliphatic rings. The average molecular weight is 403 g/mol. The van der Waals surface area contributed by atoms with E-state index in [0.29, 0.717) is 31.1 Å². The number of benzene rings is 1. The first-order valence-electron chi connectivity index (χ1n) is 9.99. The predicted octanol–water partition coefficient (Wildman–Crippen LogP) is 5.69. The molecule has 1 atom stereocenters. The molecule has 0 aromatic heterocycles. The summed E-state index contributed by atoms with van der Waals surface area (Å²) in [5, 5.41) is 9.66. The molecule has 0 radical (unpaired) electrons. The number of halogens is 4. The highest BCUT2D eigenvalue weighted by atomic mass is 19.3. The summed E-state index contributed by atoms with van der Waals surface area (Å²) in [6.07, 6.45) is 0.598. The maximum Gasteiger partial charge on any atom is 0.263 e. The number of aliphatic hydroxyl groups is 1. The van der Waals surface area contributed by atoms with Gasteiger partial charge in [-0.05, 0) is 68.1 Å². The van der Waals surface area contributed by atoms with Crippen LogP contribution in [-0.2, 0) is 4.74 Å². The van der Waals surface area contributed by atoms with Crippen LogP contribution < -0.4 is 4.90 Å². The fourth-order valence-electron chi connectivity index (χ4n) is 4.74.